The summed E-state index contributed by atoms with van der Waals surface area (Å²) in [6, 6.07) is 0. The van der Waals surface area contributed by atoms with Crippen LogP contribution < -0.4 is 0 Å². The molecule has 16 heavy (non-hydrogen) atoms. The van der Waals surface area contributed by atoms with E-state index in [1.54, 1.807) is 0 Å². The zero-order chi connectivity index (χ0) is 11.7. The molecule has 96 valence electrons. The van der Waals surface area contributed by atoms with Gasteiger partial charge in [-0.05, 0) is 13.8 Å². The summed E-state index contributed by atoms with van der Waals surface area (Å²) in [7, 11) is 0. The van der Waals surface area contributed by atoms with Crippen molar-refractivity contribution in [2.75, 3.05) is 53.0 Å². The lowest BCUT2D eigenvalue weighted by atomic mass is 10.1. The average Bonchev–Trinajstić information content (AvgIpc) is 2.24. The summed E-state index contributed by atoms with van der Waals surface area (Å²) >= 11 is 0. The Balaban J connectivity index is 2.22. The van der Waals surface area contributed by atoms with Crippen LogP contribution in [-0.2, 0) is 23.7 Å². The fraction of sp³-hybridized carbons (Fsp3) is 1.00. The van der Waals surface area contributed by atoms with E-state index in [1.165, 1.54) is 0 Å². The number of hydrogen-bond donors (Lipinski definition) is 0. The second kappa shape index (κ2) is 7.97. The first-order valence-corrected chi connectivity index (χ1v) is 5.66. The molecular formula is C11H22O5. The van der Waals surface area contributed by atoms with Crippen LogP contribution in [0.15, 0.2) is 0 Å². The molecule has 1 saturated heterocycles. The number of rotatable bonds is 0. The summed E-state index contributed by atoms with van der Waals surface area (Å²) in [5.41, 5.74) is -0.328. The van der Waals surface area contributed by atoms with Gasteiger partial charge >= 0.3 is 0 Å². The molecule has 1 fully saturated rings. The first kappa shape index (κ1) is 13.9. The molecule has 1 rings (SSSR count). The molecule has 0 unspecified atom stereocenters. The molecule has 0 aliphatic carbocycles. The topological polar surface area (TPSA) is 46.2 Å². The van der Waals surface area contributed by atoms with E-state index < -0.39 is 0 Å². The van der Waals surface area contributed by atoms with Crippen LogP contribution in [0.3, 0.4) is 0 Å². The van der Waals surface area contributed by atoms with Crippen LogP contribution in [0.4, 0.5) is 0 Å². The highest BCUT2D eigenvalue weighted by molar-refractivity contribution is 4.66. The van der Waals surface area contributed by atoms with Crippen molar-refractivity contribution in [1.29, 1.82) is 0 Å². The molecule has 1 heterocycles. The molecule has 0 bridgehead atoms. The predicted molar refractivity (Wildman–Crippen MR) is 58.4 cm³/mol. The normalized spacial score (nSPS) is 25.9. The Morgan fingerprint density at radius 3 is 1.81 bits per heavy atom. The summed E-state index contributed by atoms with van der Waals surface area (Å²) < 4.78 is 26.8. The molecule has 0 aromatic rings. The van der Waals surface area contributed by atoms with Gasteiger partial charge in [0, 0.05) is 0 Å². The van der Waals surface area contributed by atoms with Gasteiger partial charge < -0.3 is 23.7 Å². The molecule has 0 saturated carbocycles. The van der Waals surface area contributed by atoms with Gasteiger partial charge in [0.05, 0.1) is 51.8 Å². The molecule has 1 aliphatic heterocycles. The van der Waals surface area contributed by atoms with Gasteiger partial charge in [0.2, 0.25) is 0 Å². The van der Waals surface area contributed by atoms with Gasteiger partial charge in [-0.3, -0.25) is 0 Å². The standard InChI is InChI=1S/C11H22O5/c1-11(2)9-14-7-5-12-3-4-13-6-8-15-10-16-11/h3-10H2,1-2H3. The van der Waals surface area contributed by atoms with Crippen LogP contribution in [0.2, 0.25) is 0 Å². The monoisotopic (exact) mass is 234 g/mol. The highest BCUT2D eigenvalue weighted by atomic mass is 16.7. The van der Waals surface area contributed by atoms with Crippen molar-refractivity contribution in [3.05, 3.63) is 0 Å². The first-order chi connectivity index (χ1) is 7.71. The highest BCUT2D eigenvalue weighted by Gasteiger charge is 2.18. The van der Waals surface area contributed by atoms with E-state index in [2.05, 4.69) is 0 Å². The predicted octanol–water partition coefficient (Wildman–Crippen LogP) is 0.819. The molecule has 0 radical (unpaired) electrons. The Bertz CT molecular complexity index is 156. The maximum atomic E-state index is 5.53. The van der Waals surface area contributed by atoms with Gasteiger partial charge in [-0.15, -0.1) is 0 Å². The molecular weight excluding hydrogens is 212 g/mol. The second-order valence-corrected chi connectivity index (χ2v) is 4.21. The fourth-order valence-electron chi connectivity index (χ4n) is 1.18. The average molecular weight is 234 g/mol. The molecule has 1 aliphatic rings. The van der Waals surface area contributed by atoms with Gasteiger partial charge in [-0.25, -0.2) is 0 Å². The van der Waals surface area contributed by atoms with Crippen LogP contribution in [0.1, 0.15) is 13.8 Å². The van der Waals surface area contributed by atoms with Crippen molar-refractivity contribution in [1.82, 2.24) is 0 Å². The molecule has 0 N–H and O–H groups in total. The Labute approximate surface area is 97.0 Å². The third-order valence-corrected chi connectivity index (χ3v) is 2.10. The van der Waals surface area contributed by atoms with Crippen LogP contribution in [0, 0.1) is 0 Å². The van der Waals surface area contributed by atoms with Crippen molar-refractivity contribution in [3.8, 4) is 0 Å². The first-order valence-electron chi connectivity index (χ1n) is 5.66. The van der Waals surface area contributed by atoms with E-state index in [4.69, 9.17) is 23.7 Å². The minimum absolute atomic E-state index is 0.274. The lowest BCUT2D eigenvalue weighted by molar-refractivity contribution is -0.160. The molecule has 5 nitrogen and oxygen atoms in total. The van der Waals surface area contributed by atoms with Crippen LogP contribution in [0.25, 0.3) is 0 Å². The van der Waals surface area contributed by atoms with Crippen molar-refractivity contribution in [3.63, 3.8) is 0 Å². The second-order valence-electron chi connectivity index (χ2n) is 4.21. The third kappa shape index (κ3) is 7.14. The van der Waals surface area contributed by atoms with Gasteiger partial charge in [-0.1, -0.05) is 0 Å². The summed E-state index contributed by atoms with van der Waals surface area (Å²) in [5.74, 6) is 0. The van der Waals surface area contributed by atoms with Crippen molar-refractivity contribution < 1.29 is 23.7 Å². The Morgan fingerprint density at radius 2 is 1.19 bits per heavy atom. The van der Waals surface area contributed by atoms with Crippen LogP contribution >= 0.6 is 0 Å². The Hall–Kier alpha value is -0.200. The quantitative estimate of drug-likeness (QED) is 0.621. The SMILES string of the molecule is CC1(C)COCCOCCOCCOCO1. The smallest absolute Gasteiger partial charge is 0.147 e. The summed E-state index contributed by atoms with van der Waals surface area (Å²) in [6.45, 7) is 8.23. The van der Waals surface area contributed by atoms with Crippen molar-refractivity contribution in [2.45, 2.75) is 19.4 Å². The van der Waals surface area contributed by atoms with Crippen LogP contribution in [-0.4, -0.2) is 58.6 Å². The fourth-order valence-corrected chi connectivity index (χ4v) is 1.18. The van der Waals surface area contributed by atoms with Crippen molar-refractivity contribution >= 4 is 0 Å². The Morgan fingerprint density at radius 1 is 0.688 bits per heavy atom. The van der Waals surface area contributed by atoms with E-state index in [1.807, 2.05) is 13.8 Å². The maximum Gasteiger partial charge on any atom is 0.147 e. The summed E-state index contributed by atoms with van der Waals surface area (Å²) in [5, 5.41) is 0. The van der Waals surface area contributed by atoms with E-state index in [0.717, 1.165) is 0 Å². The lowest BCUT2D eigenvalue weighted by Crippen LogP contribution is -2.32. The van der Waals surface area contributed by atoms with E-state index >= 15 is 0 Å². The summed E-state index contributed by atoms with van der Waals surface area (Å²) in [6.07, 6.45) is 0. The van der Waals surface area contributed by atoms with Gasteiger partial charge in [-0.2, -0.15) is 0 Å². The lowest BCUT2D eigenvalue weighted by Gasteiger charge is -2.25. The molecule has 0 aromatic heterocycles. The van der Waals surface area contributed by atoms with E-state index in [9.17, 15) is 0 Å². The number of ether oxygens (including phenoxy) is 5. The Kier molecular flexibility index (Phi) is 6.91. The minimum atomic E-state index is -0.328. The minimum Gasteiger partial charge on any atom is -0.377 e. The largest absolute Gasteiger partial charge is 0.377 e. The van der Waals surface area contributed by atoms with E-state index in [0.29, 0.717) is 46.2 Å². The molecule has 0 atom stereocenters. The summed E-state index contributed by atoms with van der Waals surface area (Å²) in [4.78, 5) is 0. The highest BCUT2D eigenvalue weighted by Crippen LogP contribution is 2.09. The molecule has 0 aromatic carbocycles. The third-order valence-electron chi connectivity index (χ3n) is 2.10. The van der Waals surface area contributed by atoms with Gasteiger partial charge in [0.25, 0.3) is 0 Å². The zero-order valence-electron chi connectivity index (χ0n) is 10.2. The van der Waals surface area contributed by atoms with Gasteiger partial charge in [0.15, 0.2) is 0 Å². The molecule has 5 heteroatoms. The van der Waals surface area contributed by atoms with E-state index in [-0.39, 0.29) is 12.4 Å². The van der Waals surface area contributed by atoms with Gasteiger partial charge in [0.1, 0.15) is 6.79 Å². The maximum absolute atomic E-state index is 5.53. The number of hydrogen-bond acceptors (Lipinski definition) is 5. The zero-order valence-corrected chi connectivity index (χ0v) is 10.2. The van der Waals surface area contributed by atoms with Crippen LogP contribution in [0.5, 0.6) is 0 Å². The van der Waals surface area contributed by atoms with Crippen molar-refractivity contribution in [2.24, 2.45) is 0 Å². The molecule has 0 amide bonds. The molecule has 0 spiro atoms.